The van der Waals surface area contributed by atoms with Crippen molar-refractivity contribution >= 4 is 51.5 Å². The Morgan fingerprint density at radius 3 is 2.30 bits per heavy atom. The monoisotopic (exact) mass is 616 g/mol. The average molecular weight is 617 g/mol. The number of hydrogen-bond acceptors (Lipinski definition) is 7. The first-order valence-corrected chi connectivity index (χ1v) is 15.0. The standard InChI is InChI=1S/C21H16N5O.C15H10N4O/c27-21-19-18(24-14-25(19)13-15-6-4-10-22-12-15)17-9-5-11-23-20(17)26(21)16-7-2-1-3-8-16;20-15-13-12(17-9-18-13)11-7-4-8-16-14(11)19(15)10-5-2-1-3-6-10/h1-12,14,18H,13H2;1-9H,(H,17,18)/q+1;. The van der Waals surface area contributed by atoms with Crippen LogP contribution in [-0.4, -0.2) is 52.0 Å². The van der Waals surface area contributed by atoms with Crippen LogP contribution in [-0.2, 0) is 11.3 Å². The van der Waals surface area contributed by atoms with Crippen LogP contribution in [0.25, 0.3) is 27.8 Å². The third-order valence-electron chi connectivity index (χ3n) is 8.08. The minimum Gasteiger partial charge on any atom is -0.340 e. The summed E-state index contributed by atoms with van der Waals surface area (Å²) < 4.78 is 3.52. The van der Waals surface area contributed by atoms with Gasteiger partial charge >= 0.3 is 5.91 Å². The Balaban J connectivity index is 0.000000144. The van der Waals surface area contributed by atoms with Crippen molar-refractivity contribution in [2.45, 2.75) is 12.6 Å². The number of aromatic nitrogens is 6. The van der Waals surface area contributed by atoms with E-state index in [1.165, 1.54) is 6.33 Å². The largest absolute Gasteiger partial charge is 0.340 e. The molecule has 7 aromatic rings. The van der Waals surface area contributed by atoms with Gasteiger partial charge in [0.15, 0.2) is 0 Å². The molecule has 2 aromatic carbocycles. The van der Waals surface area contributed by atoms with E-state index >= 15 is 0 Å². The summed E-state index contributed by atoms with van der Waals surface area (Å²) in [6, 6.07) is 30.3. The van der Waals surface area contributed by atoms with Gasteiger partial charge in [-0.3, -0.25) is 24.0 Å². The zero-order valence-corrected chi connectivity index (χ0v) is 24.9. The number of pyridine rings is 4. The molecule has 0 aliphatic carbocycles. The van der Waals surface area contributed by atoms with Crippen LogP contribution in [0.1, 0.15) is 17.2 Å². The molecule has 7 heterocycles. The van der Waals surface area contributed by atoms with E-state index in [1.807, 2.05) is 102 Å². The molecule has 1 amide bonds. The molecular formula is C36H26N9O2+. The Bertz CT molecular complexity index is 2380. The van der Waals surface area contributed by atoms with E-state index in [4.69, 9.17) is 0 Å². The summed E-state index contributed by atoms with van der Waals surface area (Å²) in [6.45, 7) is 0.549. The number of aliphatic imine (C=N–C) groups is 1. The summed E-state index contributed by atoms with van der Waals surface area (Å²) in [5.74, 6) is 0.543. The minimum atomic E-state index is -0.321. The molecule has 0 spiro atoms. The molecule has 0 saturated carbocycles. The van der Waals surface area contributed by atoms with Crippen molar-refractivity contribution in [1.29, 1.82) is 0 Å². The highest BCUT2D eigenvalue weighted by molar-refractivity contribution is 6.47. The Morgan fingerprint density at radius 1 is 0.766 bits per heavy atom. The second kappa shape index (κ2) is 11.7. The van der Waals surface area contributed by atoms with Crippen LogP contribution in [0.3, 0.4) is 0 Å². The topological polar surface area (TPSA) is 125 Å². The molecule has 47 heavy (non-hydrogen) atoms. The van der Waals surface area contributed by atoms with E-state index in [9.17, 15) is 9.59 Å². The maximum absolute atomic E-state index is 13.5. The van der Waals surface area contributed by atoms with Gasteiger partial charge in [0.25, 0.3) is 11.9 Å². The number of imidazole rings is 1. The Kier molecular flexibility index (Phi) is 6.95. The molecule has 11 nitrogen and oxygen atoms in total. The molecule has 2 aliphatic rings. The number of carbonyl (C=O) groups is 1. The quantitative estimate of drug-likeness (QED) is 0.273. The van der Waals surface area contributed by atoms with Crippen molar-refractivity contribution < 1.29 is 9.37 Å². The highest BCUT2D eigenvalue weighted by Crippen LogP contribution is 2.39. The van der Waals surface area contributed by atoms with E-state index in [0.717, 1.165) is 27.9 Å². The summed E-state index contributed by atoms with van der Waals surface area (Å²) in [4.78, 5) is 52.6. The molecule has 0 radical (unpaired) electrons. The fourth-order valence-corrected chi connectivity index (χ4v) is 6.00. The summed E-state index contributed by atoms with van der Waals surface area (Å²) in [5.41, 5.74) is 5.80. The van der Waals surface area contributed by atoms with E-state index in [0.29, 0.717) is 34.8 Å². The van der Waals surface area contributed by atoms with E-state index < -0.39 is 0 Å². The number of nitrogens with one attached hydrogen (secondary N) is 1. The zero-order valence-electron chi connectivity index (χ0n) is 24.9. The number of para-hydroxylation sites is 2. The van der Waals surface area contributed by atoms with Gasteiger partial charge in [-0.15, -0.1) is 0 Å². The summed E-state index contributed by atoms with van der Waals surface area (Å²) in [7, 11) is 0. The fourth-order valence-electron chi connectivity index (χ4n) is 6.00. The number of aromatic amines is 1. The van der Waals surface area contributed by atoms with Gasteiger partial charge in [0.05, 0.1) is 23.3 Å². The van der Waals surface area contributed by atoms with Crippen LogP contribution in [0, 0.1) is 0 Å². The number of H-pyrrole nitrogens is 1. The average Bonchev–Trinajstić information content (AvgIpc) is 3.79. The second-order valence-corrected chi connectivity index (χ2v) is 10.9. The van der Waals surface area contributed by atoms with Crippen molar-refractivity contribution in [2.75, 3.05) is 4.90 Å². The van der Waals surface area contributed by atoms with Gasteiger partial charge in [-0.05, 0) is 54.6 Å². The van der Waals surface area contributed by atoms with E-state index in [1.54, 1.807) is 40.6 Å². The highest BCUT2D eigenvalue weighted by atomic mass is 16.2. The molecule has 11 heteroatoms. The lowest BCUT2D eigenvalue weighted by Crippen LogP contribution is -2.43. The highest BCUT2D eigenvalue weighted by Gasteiger charge is 2.47. The number of benzene rings is 2. The first-order chi connectivity index (χ1) is 23.2. The van der Waals surface area contributed by atoms with Crippen molar-refractivity contribution in [3.05, 3.63) is 150 Å². The van der Waals surface area contributed by atoms with Crippen molar-refractivity contribution in [2.24, 2.45) is 4.99 Å². The molecule has 1 atom stereocenters. The van der Waals surface area contributed by atoms with Crippen LogP contribution in [0.5, 0.6) is 0 Å². The SMILES string of the molecule is O=C1C2=[N+](Cc3cccnc3)C=NC2c2cccnc2N1c1ccccc1.O=c1c2[nH]cnc2c2cccnc2n1-c1ccccc1. The molecule has 9 rings (SSSR count). The van der Waals surface area contributed by atoms with Gasteiger partial charge in [0.2, 0.25) is 11.8 Å². The molecule has 0 bridgehead atoms. The van der Waals surface area contributed by atoms with Crippen molar-refractivity contribution in [3.8, 4) is 5.69 Å². The lowest BCUT2D eigenvalue weighted by Gasteiger charge is -2.28. The van der Waals surface area contributed by atoms with Crippen LogP contribution in [0.4, 0.5) is 11.5 Å². The lowest BCUT2D eigenvalue weighted by atomic mass is 9.97. The number of rotatable bonds is 4. The van der Waals surface area contributed by atoms with Gasteiger partial charge < -0.3 is 4.98 Å². The second-order valence-electron chi connectivity index (χ2n) is 10.9. The molecule has 1 unspecified atom stereocenters. The Morgan fingerprint density at radius 2 is 1.51 bits per heavy atom. The number of amides is 1. The molecular weight excluding hydrogens is 590 g/mol. The predicted octanol–water partition coefficient (Wildman–Crippen LogP) is 5.15. The molecule has 0 saturated heterocycles. The minimum absolute atomic E-state index is 0.0983. The maximum atomic E-state index is 13.5. The molecule has 2 aliphatic heterocycles. The van der Waals surface area contributed by atoms with Crippen molar-refractivity contribution in [1.82, 2.24) is 29.5 Å². The molecule has 226 valence electrons. The maximum Gasteiger partial charge on any atom is 0.304 e. The number of anilines is 2. The van der Waals surface area contributed by atoms with Crippen LogP contribution >= 0.6 is 0 Å². The van der Waals surface area contributed by atoms with Gasteiger partial charge in [0.1, 0.15) is 29.0 Å². The number of hydrogen-bond donors (Lipinski definition) is 1. The number of carbonyl (C=O) groups excluding carboxylic acids is 1. The van der Waals surface area contributed by atoms with Gasteiger partial charge in [-0.1, -0.05) is 47.5 Å². The number of fused-ring (bicyclic) bond motifs is 6. The molecule has 5 aromatic heterocycles. The summed E-state index contributed by atoms with van der Waals surface area (Å²) in [6.07, 6.45) is 10.2. The normalized spacial score (nSPS) is 15.0. The molecule has 1 N–H and O–H groups in total. The van der Waals surface area contributed by atoms with E-state index in [2.05, 4.69) is 29.9 Å². The van der Waals surface area contributed by atoms with Gasteiger partial charge in [0, 0.05) is 35.7 Å². The first kappa shape index (κ1) is 27.9. The summed E-state index contributed by atoms with van der Waals surface area (Å²) >= 11 is 0. The molecule has 0 fully saturated rings. The summed E-state index contributed by atoms with van der Waals surface area (Å²) in [5, 5.41) is 0.854. The first-order valence-electron chi connectivity index (χ1n) is 15.0. The lowest BCUT2D eigenvalue weighted by molar-refractivity contribution is -0.412. The van der Waals surface area contributed by atoms with Crippen molar-refractivity contribution in [3.63, 3.8) is 0 Å². The third kappa shape index (κ3) is 4.86. The Labute approximate surface area is 267 Å². The Hall–Kier alpha value is -6.62. The van der Waals surface area contributed by atoms with Crippen LogP contribution < -0.4 is 10.5 Å². The van der Waals surface area contributed by atoms with Gasteiger partial charge in [-0.25, -0.2) is 19.5 Å². The van der Waals surface area contributed by atoms with Crippen LogP contribution in [0.2, 0.25) is 0 Å². The van der Waals surface area contributed by atoms with E-state index in [-0.39, 0.29) is 17.5 Å². The smallest absolute Gasteiger partial charge is 0.304 e. The third-order valence-corrected chi connectivity index (χ3v) is 8.08. The van der Waals surface area contributed by atoms with Gasteiger partial charge in [-0.2, -0.15) is 0 Å². The number of nitrogens with zero attached hydrogens (tertiary/aromatic N) is 8. The zero-order chi connectivity index (χ0) is 31.7. The predicted molar refractivity (Wildman–Crippen MR) is 179 cm³/mol. The fraction of sp³-hybridized carbons (Fsp3) is 0.0556. The van der Waals surface area contributed by atoms with Crippen LogP contribution in [0.15, 0.2) is 138 Å².